The third-order valence-electron chi connectivity index (χ3n) is 5.25. The molecule has 1 aliphatic carbocycles. The molecule has 1 aromatic heterocycles. The third kappa shape index (κ3) is 4.32. The van der Waals surface area contributed by atoms with Gasteiger partial charge in [0, 0.05) is 32.1 Å². The predicted octanol–water partition coefficient (Wildman–Crippen LogP) is 1.75. The Bertz CT molecular complexity index is 614. The molecule has 1 aromatic rings. The van der Waals surface area contributed by atoms with Crippen LogP contribution in [0.15, 0.2) is 9.41 Å². The second kappa shape index (κ2) is 7.89. The van der Waals surface area contributed by atoms with Gasteiger partial charge in [-0.05, 0) is 33.1 Å². The third-order valence-corrected chi connectivity index (χ3v) is 5.25. The number of hydrogen-bond donors (Lipinski definition) is 2. The van der Waals surface area contributed by atoms with Crippen LogP contribution >= 0.6 is 0 Å². The number of aryl methyl sites for hydroxylation is 2. The number of carbonyl (C=O) groups is 1. The maximum Gasteiger partial charge on any atom is 0.225 e. The van der Waals surface area contributed by atoms with Gasteiger partial charge in [0.25, 0.3) is 0 Å². The molecule has 1 unspecified atom stereocenters. The van der Waals surface area contributed by atoms with Gasteiger partial charge in [-0.2, -0.15) is 0 Å². The fourth-order valence-corrected chi connectivity index (χ4v) is 3.67. The van der Waals surface area contributed by atoms with Crippen LogP contribution in [0.3, 0.4) is 0 Å². The van der Waals surface area contributed by atoms with Crippen LogP contribution in [0.1, 0.15) is 49.4 Å². The van der Waals surface area contributed by atoms with Gasteiger partial charge in [0.05, 0.1) is 12.2 Å². The highest BCUT2D eigenvalue weighted by Crippen LogP contribution is 2.27. The van der Waals surface area contributed by atoms with E-state index < -0.39 is 0 Å². The normalized spacial score (nSPS) is 21.8. The van der Waals surface area contributed by atoms with Gasteiger partial charge in [-0.15, -0.1) is 0 Å². The SMILES string of the molecule is CN=C(NCc1nc(C)c(C)o1)NC1CCN(C(=O)C2CCCC2)C1. The zero-order valence-electron chi connectivity index (χ0n) is 15.5. The van der Waals surface area contributed by atoms with Crippen LogP contribution in [0, 0.1) is 19.8 Å². The van der Waals surface area contributed by atoms with Crippen molar-refractivity contribution in [1.82, 2.24) is 20.5 Å². The first-order valence-electron chi connectivity index (χ1n) is 9.25. The van der Waals surface area contributed by atoms with Crippen molar-refractivity contribution in [3.8, 4) is 0 Å². The van der Waals surface area contributed by atoms with Gasteiger partial charge in [-0.1, -0.05) is 12.8 Å². The van der Waals surface area contributed by atoms with Gasteiger partial charge in [0.1, 0.15) is 5.76 Å². The van der Waals surface area contributed by atoms with Gasteiger partial charge >= 0.3 is 0 Å². The molecular weight excluding hydrogens is 318 g/mol. The Balaban J connectivity index is 1.46. The molecule has 1 aliphatic heterocycles. The molecule has 1 saturated carbocycles. The van der Waals surface area contributed by atoms with Crippen molar-refractivity contribution in [1.29, 1.82) is 0 Å². The average Bonchev–Trinajstić information content (AvgIpc) is 3.33. The molecule has 3 rings (SSSR count). The summed E-state index contributed by atoms with van der Waals surface area (Å²) in [6.07, 6.45) is 5.47. The van der Waals surface area contributed by atoms with Crippen molar-refractivity contribution in [3.05, 3.63) is 17.3 Å². The Morgan fingerprint density at radius 3 is 2.72 bits per heavy atom. The smallest absolute Gasteiger partial charge is 0.225 e. The standard InChI is InChI=1S/C18H29N5O2/c1-12-13(2)25-16(21-12)10-20-18(19-3)22-15-8-9-23(11-15)17(24)14-6-4-5-7-14/h14-15H,4-11H2,1-3H3,(H2,19,20,22). The Morgan fingerprint density at radius 2 is 2.08 bits per heavy atom. The zero-order chi connectivity index (χ0) is 17.8. The molecule has 7 nitrogen and oxygen atoms in total. The summed E-state index contributed by atoms with van der Waals surface area (Å²) >= 11 is 0. The Labute approximate surface area is 149 Å². The van der Waals surface area contributed by atoms with Gasteiger partial charge in [0.15, 0.2) is 5.96 Å². The van der Waals surface area contributed by atoms with Crippen molar-refractivity contribution in [2.75, 3.05) is 20.1 Å². The van der Waals surface area contributed by atoms with E-state index in [0.717, 1.165) is 43.8 Å². The van der Waals surface area contributed by atoms with Crippen LogP contribution < -0.4 is 10.6 Å². The Morgan fingerprint density at radius 1 is 1.32 bits per heavy atom. The molecule has 2 aliphatic rings. The molecule has 7 heteroatoms. The minimum absolute atomic E-state index is 0.240. The lowest BCUT2D eigenvalue weighted by atomic mass is 10.1. The molecule has 1 atom stereocenters. The maximum absolute atomic E-state index is 12.5. The van der Waals surface area contributed by atoms with Crippen molar-refractivity contribution in [2.45, 2.75) is 58.5 Å². The number of aliphatic imine (C=N–C) groups is 1. The molecular formula is C18H29N5O2. The first-order valence-corrected chi connectivity index (χ1v) is 9.25. The van der Waals surface area contributed by atoms with E-state index >= 15 is 0 Å². The number of nitrogens with one attached hydrogen (secondary N) is 2. The predicted molar refractivity (Wildman–Crippen MR) is 96.3 cm³/mol. The van der Waals surface area contributed by atoms with E-state index in [1.807, 2.05) is 18.7 Å². The van der Waals surface area contributed by atoms with Crippen LogP contribution in [0.2, 0.25) is 0 Å². The number of guanidine groups is 1. The highest BCUT2D eigenvalue weighted by molar-refractivity contribution is 5.81. The molecule has 0 radical (unpaired) electrons. The molecule has 1 saturated heterocycles. The summed E-state index contributed by atoms with van der Waals surface area (Å²) in [5, 5.41) is 6.64. The Kier molecular flexibility index (Phi) is 5.60. The number of aromatic nitrogens is 1. The van der Waals surface area contributed by atoms with Gasteiger partial charge in [-0.25, -0.2) is 4.98 Å². The highest BCUT2D eigenvalue weighted by atomic mass is 16.4. The van der Waals surface area contributed by atoms with E-state index in [-0.39, 0.29) is 12.0 Å². The van der Waals surface area contributed by atoms with Crippen LogP contribution in [0.4, 0.5) is 0 Å². The van der Waals surface area contributed by atoms with E-state index in [1.165, 1.54) is 12.8 Å². The highest BCUT2D eigenvalue weighted by Gasteiger charge is 2.32. The molecule has 2 heterocycles. The molecule has 138 valence electrons. The number of carbonyl (C=O) groups excluding carboxylic acids is 1. The van der Waals surface area contributed by atoms with E-state index in [0.29, 0.717) is 24.3 Å². The maximum atomic E-state index is 12.5. The molecule has 0 bridgehead atoms. The van der Waals surface area contributed by atoms with Crippen LogP contribution in [-0.2, 0) is 11.3 Å². The molecule has 25 heavy (non-hydrogen) atoms. The number of rotatable bonds is 4. The van der Waals surface area contributed by atoms with Crippen LogP contribution in [-0.4, -0.2) is 47.9 Å². The second-order valence-electron chi connectivity index (χ2n) is 7.07. The van der Waals surface area contributed by atoms with Crippen molar-refractivity contribution in [3.63, 3.8) is 0 Å². The molecule has 2 fully saturated rings. The fraction of sp³-hybridized carbons (Fsp3) is 0.722. The minimum Gasteiger partial charge on any atom is -0.444 e. The molecule has 0 spiro atoms. The average molecular weight is 347 g/mol. The summed E-state index contributed by atoms with van der Waals surface area (Å²) in [5.74, 6) is 2.82. The summed E-state index contributed by atoms with van der Waals surface area (Å²) < 4.78 is 5.58. The molecule has 0 aromatic carbocycles. The lowest BCUT2D eigenvalue weighted by Crippen LogP contribution is -2.45. The monoisotopic (exact) mass is 347 g/mol. The van der Waals surface area contributed by atoms with E-state index in [2.05, 4.69) is 20.6 Å². The molecule has 1 amide bonds. The summed E-state index contributed by atoms with van der Waals surface area (Å²) in [6, 6.07) is 0.240. The lowest BCUT2D eigenvalue weighted by molar-refractivity contribution is -0.134. The Hall–Kier alpha value is -2.05. The number of oxazole rings is 1. The summed E-state index contributed by atoms with van der Waals surface area (Å²) in [7, 11) is 1.75. The number of likely N-dealkylation sites (tertiary alicyclic amines) is 1. The van der Waals surface area contributed by atoms with E-state index in [4.69, 9.17) is 4.42 Å². The topological polar surface area (TPSA) is 82.8 Å². The summed E-state index contributed by atoms with van der Waals surface area (Å²) in [6.45, 7) is 5.93. The van der Waals surface area contributed by atoms with Crippen molar-refractivity contribution >= 4 is 11.9 Å². The quantitative estimate of drug-likeness (QED) is 0.640. The summed E-state index contributed by atoms with van der Waals surface area (Å²) in [4.78, 5) is 23.2. The van der Waals surface area contributed by atoms with Crippen molar-refractivity contribution < 1.29 is 9.21 Å². The largest absolute Gasteiger partial charge is 0.444 e. The fourth-order valence-electron chi connectivity index (χ4n) is 3.67. The number of amides is 1. The van der Waals surface area contributed by atoms with Crippen LogP contribution in [0.5, 0.6) is 0 Å². The van der Waals surface area contributed by atoms with Gasteiger partial charge in [-0.3, -0.25) is 9.79 Å². The number of hydrogen-bond acceptors (Lipinski definition) is 4. The number of nitrogens with zero attached hydrogens (tertiary/aromatic N) is 3. The first kappa shape index (κ1) is 17.8. The van der Waals surface area contributed by atoms with Crippen molar-refractivity contribution in [2.24, 2.45) is 10.9 Å². The van der Waals surface area contributed by atoms with E-state index in [9.17, 15) is 4.79 Å². The van der Waals surface area contributed by atoms with Gasteiger partial charge < -0.3 is 20.0 Å². The summed E-state index contributed by atoms with van der Waals surface area (Å²) in [5.41, 5.74) is 0.914. The van der Waals surface area contributed by atoms with Crippen LogP contribution in [0.25, 0.3) is 0 Å². The molecule has 2 N–H and O–H groups in total. The second-order valence-corrected chi connectivity index (χ2v) is 7.07. The van der Waals surface area contributed by atoms with Gasteiger partial charge in [0.2, 0.25) is 11.8 Å². The first-order chi connectivity index (χ1) is 12.1. The van der Waals surface area contributed by atoms with E-state index in [1.54, 1.807) is 7.05 Å². The minimum atomic E-state index is 0.240. The zero-order valence-corrected chi connectivity index (χ0v) is 15.5. The lowest BCUT2D eigenvalue weighted by Gasteiger charge is -2.21.